The fourth-order valence-electron chi connectivity index (χ4n) is 3.90. The molecular formula is C25H26N2O. The predicted molar refractivity (Wildman–Crippen MR) is 116 cm³/mol. The second kappa shape index (κ2) is 8.41. The van der Waals surface area contributed by atoms with Gasteiger partial charge in [0.2, 0.25) is 5.91 Å². The second-order valence-corrected chi connectivity index (χ2v) is 7.36. The van der Waals surface area contributed by atoms with E-state index in [2.05, 4.69) is 85.0 Å². The second-order valence-electron chi connectivity index (χ2n) is 7.36. The van der Waals surface area contributed by atoms with Crippen molar-refractivity contribution in [3.8, 4) is 0 Å². The Balaban J connectivity index is 1.36. The van der Waals surface area contributed by atoms with Crippen molar-refractivity contribution in [2.75, 3.05) is 19.6 Å². The first-order valence-corrected chi connectivity index (χ1v) is 9.95. The molecule has 142 valence electrons. The van der Waals surface area contributed by atoms with Crippen molar-refractivity contribution >= 4 is 22.3 Å². The van der Waals surface area contributed by atoms with E-state index in [0.717, 1.165) is 13.0 Å². The van der Waals surface area contributed by atoms with Crippen LogP contribution < -0.4 is 5.32 Å². The van der Waals surface area contributed by atoms with Gasteiger partial charge in [-0.2, -0.15) is 0 Å². The third kappa shape index (κ3) is 4.00. The Bertz CT molecular complexity index is 988. The summed E-state index contributed by atoms with van der Waals surface area (Å²) in [5.74, 6) is 0.162. The molecule has 1 aliphatic rings. The van der Waals surface area contributed by atoms with Gasteiger partial charge in [0.25, 0.3) is 0 Å². The van der Waals surface area contributed by atoms with Crippen molar-refractivity contribution in [1.82, 2.24) is 10.2 Å². The Morgan fingerprint density at radius 1 is 1.00 bits per heavy atom. The molecule has 0 saturated heterocycles. The highest BCUT2D eigenvalue weighted by Crippen LogP contribution is 2.24. The molecule has 0 aromatic heterocycles. The SMILES string of the molecule is C[C@H](NCC(=O)N1CC=C(c2ccccc2)CC1)c1cccc2ccccc12. The molecule has 0 saturated carbocycles. The Morgan fingerprint density at radius 3 is 2.54 bits per heavy atom. The van der Waals surface area contributed by atoms with Crippen molar-refractivity contribution < 1.29 is 4.79 Å². The number of carbonyl (C=O) groups is 1. The van der Waals surface area contributed by atoms with Crippen molar-refractivity contribution in [2.45, 2.75) is 19.4 Å². The van der Waals surface area contributed by atoms with Crippen LogP contribution in [0.1, 0.15) is 30.5 Å². The lowest BCUT2D eigenvalue weighted by atomic mass is 9.99. The molecule has 0 unspecified atom stereocenters. The minimum Gasteiger partial charge on any atom is -0.338 e. The molecule has 1 heterocycles. The zero-order valence-electron chi connectivity index (χ0n) is 16.3. The molecule has 0 bridgehead atoms. The van der Waals surface area contributed by atoms with Crippen LogP contribution in [0, 0.1) is 0 Å². The van der Waals surface area contributed by atoms with E-state index >= 15 is 0 Å². The lowest BCUT2D eigenvalue weighted by molar-refractivity contribution is -0.129. The maximum Gasteiger partial charge on any atom is 0.236 e. The van der Waals surface area contributed by atoms with Crippen LogP contribution in [-0.4, -0.2) is 30.4 Å². The van der Waals surface area contributed by atoms with Crippen molar-refractivity contribution in [3.63, 3.8) is 0 Å². The molecule has 28 heavy (non-hydrogen) atoms. The van der Waals surface area contributed by atoms with Gasteiger partial charge in [0.15, 0.2) is 0 Å². The van der Waals surface area contributed by atoms with Crippen LogP contribution in [0.25, 0.3) is 16.3 Å². The lowest BCUT2D eigenvalue weighted by Gasteiger charge is -2.27. The first-order chi connectivity index (χ1) is 13.7. The largest absolute Gasteiger partial charge is 0.338 e. The van der Waals surface area contributed by atoms with Crippen LogP contribution in [0.3, 0.4) is 0 Å². The van der Waals surface area contributed by atoms with E-state index in [9.17, 15) is 4.79 Å². The van der Waals surface area contributed by atoms with E-state index in [1.54, 1.807) is 0 Å². The third-order valence-corrected chi connectivity index (χ3v) is 5.56. The van der Waals surface area contributed by atoms with E-state index in [1.165, 1.54) is 27.5 Å². The maximum atomic E-state index is 12.7. The minimum atomic E-state index is 0.121. The Hall–Kier alpha value is -2.91. The highest BCUT2D eigenvalue weighted by Gasteiger charge is 2.19. The number of nitrogens with one attached hydrogen (secondary N) is 1. The molecule has 3 aromatic carbocycles. The van der Waals surface area contributed by atoms with Crippen LogP contribution in [0.2, 0.25) is 0 Å². The number of amides is 1. The number of carbonyl (C=O) groups excluding carboxylic acids is 1. The predicted octanol–water partition coefficient (Wildman–Crippen LogP) is 4.81. The number of rotatable bonds is 5. The van der Waals surface area contributed by atoms with Gasteiger partial charge in [0, 0.05) is 19.1 Å². The zero-order valence-corrected chi connectivity index (χ0v) is 16.3. The Kier molecular flexibility index (Phi) is 5.54. The summed E-state index contributed by atoms with van der Waals surface area (Å²) in [6.45, 7) is 3.95. The molecule has 3 heteroatoms. The number of nitrogens with zero attached hydrogens (tertiary/aromatic N) is 1. The normalized spacial score (nSPS) is 15.3. The topological polar surface area (TPSA) is 32.3 Å². The van der Waals surface area contributed by atoms with Crippen LogP contribution in [0.15, 0.2) is 78.9 Å². The first kappa shape index (κ1) is 18.5. The summed E-state index contributed by atoms with van der Waals surface area (Å²) < 4.78 is 0. The summed E-state index contributed by atoms with van der Waals surface area (Å²) in [4.78, 5) is 14.6. The standard InChI is InChI=1S/C25H26N2O/c1-19(23-13-7-11-22-10-5-6-12-24(22)23)26-18-25(28)27-16-14-21(15-17-27)20-8-3-2-4-9-20/h2-14,19,26H,15-18H2,1H3/t19-/m0/s1. The zero-order chi connectivity index (χ0) is 19.3. The third-order valence-electron chi connectivity index (χ3n) is 5.56. The average molecular weight is 370 g/mol. The quantitative estimate of drug-likeness (QED) is 0.699. The van der Waals surface area contributed by atoms with Gasteiger partial charge >= 0.3 is 0 Å². The highest BCUT2D eigenvalue weighted by atomic mass is 16.2. The summed E-state index contributed by atoms with van der Waals surface area (Å²) in [7, 11) is 0. The minimum absolute atomic E-state index is 0.121. The van der Waals surface area contributed by atoms with Gasteiger partial charge in [-0.1, -0.05) is 78.9 Å². The van der Waals surface area contributed by atoms with Crippen molar-refractivity contribution in [3.05, 3.63) is 90.0 Å². The summed E-state index contributed by atoms with van der Waals surface area (Å²) in [6, 6.07) is 25.3. The molecule has 0 spiro atoms. The molecule has 0 fully saturated rings. The lowest BCUT2D eigenvalue weighted by Crippen LogP contribution is -2.41. The summed E-state index contributed by atoms with van der Waals surface area (Å²) in [5, 5.41) is 5.89. The van der Waals surface area contributed by atoms with E-state index in [-0.39, 0.29) is 11.9 Å². The fourth-order valence-corrected chi connectivity index (χ4v) is 3.90. The molecule has 4 rings (SSSR count). The van der Waals surface area contributed by atoms with Gasteiger partial charge in [0.1, 0.15) is 0 Å². The van der Waals surface area contributed by atoms with Crippen LogP contribution in [0.4, 0.5) is 0 Å². The number of hydrogen-bond donors (Lipinski definition) is 1. The molecular weight excluding hydrogens is 344 g/mol. The van der Waals surface area contributed by atoms with Crippen LogP contribution in [0.5, 0.6) is 0 Å². The van der Waals surface area contributed by atoms with Crippen LogP contribution in [-0.2, 0) is 4.79 Å². The van der Waals surface area contributed by atoms with E-state index < -0.39 is 0 Å². The average Bonchev–Trinajstić information content (AvgIpc) is 2.77. The van der Waals surface area contributed by atoms with Crippen molar-refractivity contribution in [2.24, 2.45) is 0 Å². The van der Waals surface area contributed by atoms with Gasteiger partial charge in [-0.05, 0) is 40.8 Å². The fraction of sp³-hybridized carbons (Fsp3) is 0.240. The smallest absolute Gasteiger partial charge is 0.236 e. The number of fused-ring (bicyclic) bond motifs is 1. The molecule has 0 radical (unpaired) electrons. The summed E-state index contributed by atoms with van der Waals surface area (Å²) in [5.41, 5.74) is 3.83. The van der Waals surface area contributed by atoms with Gasteiger partial charge in [-0.3, -0.25) is 4.79 Å². The molecule has 1 amide bonds. The molecule has 1 aliphatic heterocycles. The molecule has 0 aliphatic carbocycles. The van der Waals surface area contributed by atoms with Crippen LogP contribution >= 0.6 is 0 Å². The molecule has 3 aromatic rings. The molecule has 1 atom stereocenters. The monoisotopic (exact) mass is 370 g/mol. The van der Waals surface area contributed by atoms with Gasteiger partial charge in [-0.25, -0.2) is 0 Å². The van der Waals surface area contributed by atoms with E-state index in [0.29, 0.717) is 13.1 Å². The Morgan fingerprint density at radius 2 is 1.75 bits per heavy atom. The molecule has 3 nitrogen and oxygen atoms in total. The Labute approximate surface area is 166 Å². The van der Waals surface area contributed by atoms with E-state index in [1.807, 2.05) is 11.0 Å². The summed E-state index contributed by atoms with van der Waals surface area (Å²) >= 11 is 0. The van der Waals surface area contributed by atoms with Gasteiger partial charge in [-0.15, -0.1) is 0 Å². The molecule has 1 N–H and O–H groups in total. The first-order valence-electron chi connectivity index (χ1n) is 9.95. The summed E-state index contributed by atoms with van der Waals surface area (Å²) in [6.07, 6.45) is 3.10. The van der Waals surface area contributed by atoms with Gasteiger partial charge < -0.3 is 10.2 Å². The van der Waals surface area contributed by atoms with Crippen molar-refractivity contribution in [1.29, 1.82) is 0 Å². The van der Waals surface area contributed by atoms with Gasteiger partial charge in [0.05, 0.1) is 6.54 Å². The van der Waals surface area contributed by atoms with E-state index in [4.69, 9.17) is 0 Å². The number of benzene rings is 3. The number of hydrogen-bond acceptors (Lipinski definition) is 2. The highest BCUT2D eigenvalue weighted by molar-refractivity contribution is 5.86. The maximum absolute atomic E-state index is 12.7.